The Hall–Kier alpha value is -1.22. The number of ether oxygens (including phenoxy) is 1. The molecule has 1 aromatic rings. The van der Waals surface area contributed by atoms with Gasteiger partial charge >= 0.3 is 0 Å². The summed E-state index contributed by atoms with van der Waals surface area (Å²) in [5, 5.41) is 11.5. The fourth-order valence-corrected chi connectivity index (χ4v) is 2.73. The van der Waals surface area contributed by atoms with Gasteiger partial charge in [-0.25, -0.2) is 17.5 Å². The first-order valence-corrected chi connectivity index (χ1v) is 7.71. The molecule has 0 amide bonds. The molecule has 0 unspecified atom stereocenters. The van der Waals surface area contributed by atoms with Gasteiger partial charge in [-0.15, -0.1) is 0 Å². The Bertz CT molecular complexity index is 522. The Kier molecular flexibility index (Phi) is 6.86. The molecule has 0 aliphatic rings. The summed E-state index contributed by atoms with van der Waals surface area (Å²) >= 11 is 0. The molecule has 0 saturated carbocycles. The van der Waals surface area contributed by atoms with Crippen LogP contribution >= 0.6 is 0 Å². The number of nitrogens with one attached hydrogen (secondary N) is 2. The lowest BCUT2D eigenvalue weighted by Crippen LogP contribution is -2.28. The molecule has 114 valence electrons. The highest BCUT2D eigenvalue weighted by molar-refractivity contribution is 7.89. The monoisotopic (exact) mass is 306 g/mol. The molecule has 3 N–H and O–H groups in total. The maximum Gasteiger partial charge on any atom is 0.242 e. The average Bonchev–Trinajstić information content (AvgIpc) is 2.42. The predicted molar refractivity (Wildman–Crippen MR) is 73.7 cm³/mol. The van der Waals surface area contributed by atoms with Crippen LogP contribution in [0.25, 0.3) is 0 Å². The summed E-state index contributed by atoms with van der Waals surface area (Å²) in [5.41, 5.74) is 0.240. The highest BCUT2D eigenvalue weighted by Gasteiger charge is 2.19. The smallest absolute Gasteiger partial charge is 0.242 e. The number of halogens is 1. The zero-order valence-electron chi connectivity index (χ0n) is 11.2. The van der Waals surface area contributed by atoms with Gasteiger partial charge < -0.3 is 15.2 Å². The van der Waals surface area contributed by atoms with E-state index in [0.717, 1.165) is 12.1 Å². The Balaban J connectivity index is 2.88. The van der Waals surface area contributed by atoms with Crippen molar-refractivity contribution in [2.75, 3.05) is 38.2 Å². The second-order valence-corrected chi connectivity index (χ2v) is 5.62. The lowest BCUT2D eigenvalue weighted by molar-refractivity contribution is 0.153. The third-order valence-corrected chi connectivity index (χ3v) is 3.90. The van der Waals surface area contributed by atoms with E-state index in [-0.39, 0.29) is 36.9 Å². The summed E-state index contributed by atoms with van der Waals surface area (Å²) < 4.78 is 44.8. The zero-order chi connectivity index (χ0) is 15.0. The maximum absolute atomic E-state index is 13.2. The molecule has 0 aliphatic heterocycles. The molecule has 0 radical (unpaired) electrons. The van der Waals surface area contributed by atoms with Crippen LogP contribution in [0.15, 0.2) is 23.1 Å². The van der Waals surface area contributed by atoms with Gasteiger partial charge in [-0.2, -0.15) is 0 Å². The van der Waals surface area contributed by atoms with Crippen LogP contribution in [-0.4, -0.2) is 46.4 Å². The largest absolute Gasteiger partial charge is 0.395 e. The maximum atomic E-state index is 13.2. The number of rotatable bonds is 9. The van der Waals surface area contributed by atoms with E-state index in [1.165, 1.54) is 6.07 Å². The molecule has 8 heteroatoms. The van der Waals surface area contributed by atoms with Crippen LogP contribution in [0.1, 0.15) is 6.92 Å². The molecule has 0 bridgehead atoms. The topological polar surface area (TPSA) is 87.7 Å². The number of sulfonamides is 1. The van der Waals surface area contributed by atoms with Gasteiger partial charge in [0.25, 0.3) is 0 Å². The molecule has 1 aromatic carbocycles. The SMILES string of the molecule is CCOCCNS(=O)(=O)c1cc(F)ccc1NCCO. The van der Waals surface area contributed by atoms with Gasteiger partial charge in [-0.05, 0) is 25.1 Å². The van der Waals surface area contributed by atoms with E-state index < -0.39 is 15.8 Å². The highest BCUT2D eigenvalue weighted by atomic mass is 32.2. The number of aliphatic hydroxyl groups is 1. The van der Waals surface area contributed by atoms with Crippen molar-refractivity contribution in [1.82, 2.24) is 4.72 Å². The van der Waals surface area contributed by atoms with E-state index in [1.54, 1.807) is 6.92 Å². The Morgan fingerprint density at radius 2 is 2.10 bits per heavy atom. The van der Waals surface area contributed by atoms with Crippen LogP contribution in [0, 0.1) is 5.82 Å². The van der Waals surface area contributed by atoms with Gasteiger partial charge in [0.15, 0.2) is 0 Å². The Morgan fingerprint density at radius 1 is 1.35 bits per heavy atom. The standard InChI is InChI=1S/C12H19FN2O4S/c1-2-19-8-6-15-20(17,18)12-9-10(13)3-4-11(12)14-5-7-16/h3-4,9,14-16H,2,5-8H2,1H3. The third kappa shape index (κ3) is 5.04. The molecule has 0 atom stereocenters. The lowest BCUT2D eigenvalue weighted by atomic mass is 10.3. The molecular formula is C12H19FN2O4S. The Labute approximate surface area is 118 Å². The molecule has 6 nitrogen and oxygen atoms in total. The first-order valence-electron chi connectivity index (χ1n) is 6.23. The van der Waals surface area contributed by atoms with Gasteiger partial charge in [0.1, 0.15) is 10.7 Å². The fourth-order valence-electron chi connectivity index (χ4n) is 1.53. The van der Waals surface area contributed by atoms with Crippen molar-refractivity contribution in [2.45, 2.75) is 11.8 Å². The summed E-state index contributed by atoms with van der Waals surface area (Å²) in [6, 6.07) is 3.41. The van der Waals surface area contributed by atoms with Gasteiger partial charge in [0, 0.05) is 19.7 Å². The van der Waals surface area contributed by atoms with E-state index in [4.69, 9.17) is 9.84 Å². The van der Waals surface area contributed by atoms with E-state index in [2.05, 4.69) is 10.0 Å². The number of aliphatic hydroxyl groups excluding tert-OH is 1. The van der Waals surface area contributed by atoms with E-state index in [0.29, 0.717) is 6.61 Å². The summed E-state index contributed by atoms with van der Waals surface area (Å²) in [7, 11) is -3.84. The average molecular weight is 306 g/mol. The van der Waals surface area contributed by atoms with Crippen LogP contribution in [0.3, 0.4) is 0 Å². The second-order valence-electron chi connectivity index (χ2n) is 3.89. The van der Waals surface area contributed by atoms with Crippen LogP contribution in [0.5, 0.6) is 0 Å². The van der Waals surface area contributed by atoms with Crippen molar-refractivity contribution in [1.29, 1.82) is 0 Å². The Morgan fingerprint density at radius 3 is 2.75 bits per heavy atom. The molecular weight excluding hydrogens is 287 g/mol. The molecule has 0 aromatic heterocycles. The van der Waals surface area contributed by atoms with Crippen LogP contribution in [-0.2, 0) is 14.8 Å². The van der Waals surface area contributed by atoms with Crippen molar-refractivity contribution in [3.8, 4) is 0 Å². The molecule has 1 rings (SSSR count). The first-order chi connectivity index (χ1) is 9.51. The molecule has 0 heterocycles. The van der Waals surface area contributed by atoms with Crippen molar-refractivity contribution < 1.29 is 22.7 Å². The second kappa shape index (κ2) is 8.15. The molecule has 0 fully saturated rings. The minimum absolute atomic E-state index is 0.103. The van der Waals surface area contributed by atoms with Gasteiger partial charge in [0.05, 0.1) is 18.9 Å². The van der Waals surface area contributed by atoms with Gasteiger partial charge in [-0.1, -0.05) is 0 Å². The highest BCUT2D eigenvalue weighted by Crippen LogP contribution is 2.22. The molecule has 0 aliphatic carbocycles. The van der Waals surface area contributed by atoms with Crippen molar-refractivity contribution in [2.24, 2.45) is 0 Å². The van der Waals surface area contributed by atoms with Gasteiger partial charge in [-0.3, -0.25) is 0 Å². The lowest BCUT2D eigenvalue weighted by Gasteiger charge is -2.13. The number of benzene rings is 1. The minimum Gasteiger partial charge on any atom is -0.395 e. The van der Waals surface area contributed by atoms with Crippen LogP contribution in [0.4, 0.5) is 10.1 Å². The number of hydrogen-bond acceptors (Lipinski definition) is 5. The van der Waals surface area contributed by atoms with Crippen LogP contribution in [0.2, 0.25) is 0 Å². The molecule has 20 heavy (non-hydrogen) atoms. The number of anilines is 1. The zero-order valence-corrected chi connectivity index (χ0v) is 12.0. The van der Waals surface area contributed by atoms with E-state index >= 15 is 0 Å². The molecule has 0 spiro atoms. The third-order valence-electron chi connectivity index (χ3n) is 2.40. The van der Waals surface area contributed by atoms with Crippen molar-refractivity contribution in [3.63, 3.8) is 0 Å². The summed E-state index contributed by atoms with van der Waals surface area (Å²) in [5.74, 6) is -0.648. The van der Waals surface area contributed by atoms with E-state index in [9.17, 15) is 12.8 Å². The summed E-state index contributed by atoms with van der Waals surface area (Å²) in [6.45, 7) is 2.65. The normalized spacial score (nSPS) is 11.6. The van der Waals surface area contributed by atoms with Gasteiger partial charge in [0.2, 0.25) is 10.0 Å². The summed E-state index contributed by atoms with van der Waals surface area (Å²) in [4.78, 5) is -0.192. The van der Waals surface area contributed by atoms with Crippen molar-refractivity contribution >= 4 is 15.7 Å². The van der Waals surface area contributed by atoms with Crippen LogP contribution < -0.4 is 10.0 Å². The van der Waals surface area contributed by atoms with Crippen molar-refractivity contribution in [3.05, 3.63) is 24.0 Å². The summed E-state index contributed by atoms with van der Waals surface area (Å²) in [6.07, 6.45) is 0. The quantitative estimate of drug-likeness (QED) is 0.580. The first kappa shape index (κ1) is 16.8. The van der Waals surface area contributed by atoms with E-state index in [1.807, 2.05) is 0 Å². The minimum atomic E-state index is -3.84. The number of hydrogen-bond donors (Lipinski definition) is 3. The predicted octanol–water partition coefficient (Wildman–Crippen LogP) is 0.545. The molecule has 0 saturated heterocycles. The fraction of sp³-hybridized carbons (Fsp3) is 0.500.